The maximum Gasteiger partial charge on any atom is 0.137 e. The highest BCUT2D eigenvalue weighted by atomic mass is 35.5. The van der Waals surface area contributed by atoms with Crippen molar-refractivity contribution in [2.75, 3.05) is 13.6 Å². The Morgan fingerprint density at radius 2 is 2.21 bits per heavy atom. The van der Waals surface area contributed by atoms with Crippen LogP contribution in [-0.2, 0) is 4.79 Å². The van der Waals surface area contributed by atoms with Gasteiger partial charge in [-0.25, -0.2) is 0 Å². The maximum absolute atomic E-state index is 11.9. The fourth-order valence-electron chi connectivity index (χ4n) is 2.77. The molecule has 0 heterocycles. The first-order valence-corrected chi connectivity index (χ1v) is 7.44. The third-order valence-electron chi connectivity index (χ3n) is 4.18. The van der Waals surface area contributed by atoms with Gasteiger partial charge in [-0.1, -0.05) is 30.2 Å². The Balaban J connectivity index is 1.99. The predicted molar refractivity (Wildman–Crippen MR) is 79.5 cm³/mol. The summed E-state index contributed by atoms with van der Waals surface area (Å²) in [4.78, 5) is 14.2. The van der Waals surface area contributed by atoms with Crippen LogP contribution in [-0.4, -0.2) is 24.3 Å². The van der Waals surface area contributed by atoms with E-state index in [9.17, 15) is 4.79 Å². The van der Waals surface area contributed by atoms with Crippen molar-refractivity contribution in [2.24, 2.45) is 5.92 Å². The lowest BCUT2D eigenvalue weighted by Gasteiger charge is -2.30. The molecule has 1 aliphatic rings. The topological polar surface area (TPSA) is 20.3 Å². The van der Waals surface area contributed by atoms with Crippen molar-refractivity contribution >= 4 is 17.4 Å². The molecular weight excluding hydrogens is 258 g/mol. The van der Waals surface area contributed by atoms with E-state index in [4.69, 9.17) is 11.6 Å². The lowest BCUT2D eigenvalue weighted by Crippen LogP contribution is -2.33. The van der Waals surface area contributed by atoms with Crippen molar-refractivity contribution in [3.63, 3.8) is 0 Å². The van der Waals surface area contributed by atoms with E-state index < -0.39 is 0 Å². The van der Waals surface area contributed by atoms with Gasteiger partial charge in [-0.05, 0) is 44.5 Å². The summed E-state index contributed by atoms with van der Waals surface area (Å²) in [5, 5.41) is 0.770. The van der Waals surface area contributed by atoms with E-state index >= 15 is 0 Å². The number of halogens is 1. The molecule has 2 rings (SSSR count). The highest BCUT2D eigenvalue weighted by molar-refractivity contribution is 6.30. The molecule has 104 valence electrons. The van der Waals surface area contributed by atoms with Gasteiger partial charge in [0.15, 0.2) is 0 Å². The van der Waals surface area contributed by atoms with Crippen LogP contribution in [0.2, 0.25) is 5.02 Å². The van der Waals surface area contributed by atoms with Crippen molar-refractivity contribution in [3.05, 3.63) is 34.9 Å². The summed E-state index contributed by atoms with van der Waals surface area (Å²) in [5.41, 5.74) is 1.21. The smallest absolute Gasteiger partial charge is 0.137 e. The molecule has 0 radical (unpaired) electrons. The Hall–Kier alpha value is -0.860. The largest absolute Gasteiger partial charge is 0.299 e. The highest BCUT2D eigenvalue weighted by Crippen LogP contribution is 2.26. The zero-order chi connectivity index (χ0) is 13.8. The summed E-state index contributed by atoms with van der Waals surface area (Å²) in [6, 6.07) is 8.26. The minimum Gasteiger partial charge on any atom is -0.299 e. The van der Waals surface area contributed by atoms with E-state index in [0.717, 1.165) is 30.8 Å². The summed E-state index contributed by atoms with van der Waals surface area (Å²) in [6.45, 7) is 3.02. The molecule has 2 nitrogen and oxygen atoms in total. The minimum atomic E-state index is 0.223. The van der Waals surface area contributed by atoms with Crippen molar-refractivity contribution in [2.45, 2.75) is 38.6 Å². The molecule has 0 N–H and O–H groups in total. The van der Waals surface area contributed by atoms with Gasteiger partial charge in [-0.15, -0.1) is 0 Å². The van der Waals surface area contributed by atoms with Gasteiger partial charge in [0.25, 0.3) is 0 Å². The summed E-state index contributed by atoms with van der Waals surface area (Å²) < 4.78 is 0. The zero-order valence-electron chi connectivity index (χ0n) is 11.7. The second-order valence-electron chi connectivity index (χ2n) is 5.58. The average Bonchev–Trinajstić information content (AvgIpc) is 2.40. The quantitative estimate of drug-likeness (QED) is 0.827. The van der Waals surface area contributed by atoms with Gasteiger partial charge in [-0.3, -0.25) is 9.69 Å². The molecule has 2 unspecified atom stereocenters. The lowest BCUT2D eigenvalue weighted by molar-refractivity contribution is -0.125. The van der Waals surface area contributed by atoms with E-state index in [1.54, 1.807) is 0 Å². The van der Waals surface area contributed by atoms with Crippen LogP contribution in [0.15, 0.2) is 24.3 Å². The normalized spacial score (nSPS) is 21.7. The van der Waals surface area contributed by atoms with E-state index in [0.29, 0.717) is 5.78 Å². The van der Waals surface area contributed by atoms with Crippen LogP contribution in [0, 0.1) is 5.92 Å². The van der Waals surface area contributed by atoms with Gasteiger partial charge in [0.05, 0.1) is 0 Å². The molecule has 1 aromatic carbocycles. The van der Waals surface area contributed by atoms with Gasteiger partial charge in [0, 0.05) is 29.9 Å². The van der Waals surface area contributed by atoms with Gasteiger partial charge in [0.2, 0.25) is 0 Å². The van der Waals surface area contributed by atoms with Gasteiger partial charge in [-0.2, -0.15) is 0 Å². The van der Waals surface area contributed by atoms with Gasteiger partial charge in [0.1, 0.15) is 5.78 Å². The second-order valence-corrected chi connectivity index (χ2v) is 6.02. The molecule has 1 saturated carbocycles. The van der Waals surface area contributed by atoms with Crippen LogP contribution in [0.25, 0.3) is 0 Å². The number of Topliss-reactive ketones (excluding diaryl/α,β-unsaturated/α-hetero) is 1. The van der Waals surface area contributed by atoms with Crippen LogP contribution in [0.1, 0.15) is 44.2 Å². The molecule has 0 amide bonds. The standard InChI is InChI=1S/C16H22ClNO/c1-12(13-7-5-8-15(17)10-13)18(2)11-14-6-3-4-9-16(14)19/h5,7-8,10,12,14H,3-4,6,9,11H2,1-2H3. The first kappa shape index (κ1) is 14.5. The Labute approximate surface area is 120 Å². The Kier molecular flexibility index (Phi) is 5.00. The number of hydrogen-bond donors (Lipinski definition) is 0. The molecule has 1 aromatic rings. The fraction of sp³-hybridized carbons (Fsp3) is 0.562. The van der Waals surface area contributed by atoms with Crippen LogP contribution in [0.3, 0.4) is 0 Å². The SMILES string of the molecule is CC(c1cccc(Cl)c1)N(C)CC1CCCCC1=O. The van der Waals surface area contributed by atoms with Gasteiger partial charge >= 0.3 is 0 Å². The predicted octanol–water partition coefficient (Wildman–Crippen LogP) is 4.09. The number of hydrogen-bond acceptors (Lipinski definition) is 2. The van der Waals surface area contributed by atoms with E-state index in [1.165, 1.54) is 12.0 Å². The molecular formula is C16H22ClNO. The number of carbonyl (C=O) groups is 1. The number of rotatable bonds is 4. The van der Waals surface area contributed by atoms with Crippen molar-refractivity contribution < 1.29 is 4.79 Å². The monoisotopic (exact) mass is 279 g/mol. The summed E-state index contributed by atoms with van der Waals surface area (Å²) in [5.74, 6) is 0.664. The molecule has 1 fully saturated rings. The van der Waals surface area contributed by atoms with Crippen molar-refractivity contribution in [1.29, 1.82) is 0 Å². The number of ketones is 1. The minimum absolute atomic E-state index is 0.223. The Morgan fingerprint density at radius 3 is 2.89 bits per heavy atom. The molecule has 0 aliphatic heterocycles. The summed E-state index contributed by atoms with van der Waals surface area (Å²) in [7, 11) is 2.09. The number of nitrogens with zero attached hydrogens (tertiary/aromatic N) is 1. The van der Waals surface area contributed by atoms with E-state index in [2.05, 4.69) is 24.9 Å². The summed E-state index contributed by atoms with van der Waals surface area (Å²) in [6.07, 6.45) is 4.08. The molecule has 0 bridgehead atoms. The Bertz CT molecular complexity index is 446. The van der Waals surface area contributed by atoms with Crippen LogP contribution in [0.5, 0.6) is 0 Å². The average molecular weight is 280 g/mol. The number of benzene rings is 1. The third kappa shape index (κ3) is 3.80. The van der Waals surface area contributed by atoms with Crippen molar-refractivity contribution in [1.82, 2.24) is 4.90 Å². The molecule has 0 aromatic heterocycles. The van der Waals surface area contributed by atoms with E-state index in [1.807, 2.05) is 18.2 Å². The molecule has 3 heteroatoms. The molecule has 0 saturated heterocycles. The summed E-state index contributed by atoms with van der Waals surface area (Å²) >= 11 is 6.04. The molecule has 1 aliphatic carbocycles. The van der Waals surface area contributed by atoms with Crippen LogP contribution < -0.4 is 0 Å². The lowest BCUT2D eigenvalue weighted by atomic mass is 9.87. The first-order valence-electron chi connectivity index (χ1n) is 7.06. The second kappa shape index (κ2) is 6.53. The maximum atomic E-state index is 11.9. The van der Waals surface area contributed by atoms with Crippen LogP contribution >= 0.6 is 11.6 Å². The first-order chi connectivity index (χ1) is 9.08. The molecule has 2 atom stereocenters. The van der Waals surface area contributed by atoms with Crippen LogP contribution in [0.4, 0.5) is 0 Å². The number of carbonyl (C=O) groups excluding carboxylic acids is 1. The zero-order valence-corrected chi connectivity index (χ0v) is 12.5. The fourth-order valence-corrected chi connectivity index (χ4v) is 2.97. The Morgan fingerprint density at radius 1 is 1.42 bits per heavy atom. The molecule has 19 heavy (non-hydrogen) atoms. The van der Waals surface area contributed by atoms with E-state index in [-0.39, 0.29) is 12.0 Å². The molecule has 0 spiro atoms. The van der Waals surface area contributed by atoms with Crippen molar-refractivity contribution in [3.8, 4) is 0 Å². The third-order valence-corrected chi connectivity index (χ3v) is 4.42. The highest BCUT2D eigenvalue weighted by Gasteiger charge is 2.25. The van der Waals surface area contributed by atoms with Gasteiger partial charge < -0.3 is 0 Å².